The molecule has 0 radical (unpaired) electrons. The van der Waals surface area contributed by atoms with Gasteiger partial charge in [-0.1, -0.05) is 17.7 Å². The minimum Gasteiger partial charge on any atom is -0.513 e. The summed E-state index contributed by atoms with van der Waals surface area (Å²) in [4.78, 5) is 4.52. The van der Waals surface area contributed by atoms with Crippen molar-refractivity contribution in [3.8, 4) is 0 Å². The van der Waals surface area contributed by atoms with Gasteiger partial charge in [-0.05, 0) is 51.8 Å². The van der Waals surface area contributed by atoms with Gasteiger partial charge in [-0.25, -0.2) is 0 Å². The number of hydrogen-bond donors (Lipinski definition) is 1. The Balaban J connectivity index is 3.20. The molecule has 0 saturated heterocycles. The molecule has 86 valence electrons. The van der Waals surface area contributed by atoms with E-state index in [-0.39, 0.29) is 5.76 Å². The van der Waals surface area contributed by atoms with E-state index in [0.29, 0.717) is 0 Å². The zero-order valence-corrected chi connectivity index (χ0v) is 10.6. The van der Waals surface area contributed by atoms with E-state index >= 15 is 0 Å². The van der Waals surface area contributed by atoms with Crippen LogP contribution < -0.4 is 0 Å². The third kappa shape index (κ3) is 3.23. The van der Waals surface area contributed by atoms with Crippen molar-refractivity contribution in [1.29, 1.82) is 0 Å². The zero-order valence-electron chi connectivity index (χ0n) is 10.6. The normalized spacial score (nSPS) is 13.1. The van der Waals surface area contributed by atoms with Gasteiger partial charge in [-0.2, -0.15) is 0 Å². The second kappa shape index (κ2) is 4.97. The monoisotopic (exact) mass is 217 g/mol. The van der Waals surface area contributed by atoms with Crippen molar-refractivity contribution in [2.75, 3.05) is 0 Å². The molecule has 0 unspecified atom stereocenters. The van der Waals surface area contributed by atoms with Crippen molar-refractivity contribution in [3.05, 3.63) is 40.7 Å². The summed E-state index contributed by atoms with van der Waals surface area (Å²) in [5, 5.41) is 9.16. The maximum absolute atomic E-state index is 9.16. The van der Waals surface area contributed by atoms with Crippen molar-refractivity contribution < 1.29 is 5.11 Å². The summed E-state index contributed by atoms with van der Waals surface area (Å²) in [6, 6.07) is 4.24. The highest BCUT2D eigenvalue weighted by atomic mass is 16.3. The van der Waals surface area contributed by atoms with Crippen LogP contribution in [0.2, 0.25) is 0 Å². The van der Waals surface area contributed by atoms with Crippen molar-refractivity contribution in [2.45, 2.75) is 34.6 Å². The van der Waals surface area contributed by atoms with E-state index in [1.54, 1.807) is 13.0 Å². The molecule has 1 aromatic rings. The van der Waals surface area contributed by atoms with Gasteiger partial charge >= 0.3 is 0 Å². The van der Waals surface area contributed by atoms with Gasteiger partial charge in [0.15, 0.2) is 0 Å². The fourth-order valence-electron chi connectivity index (χ4n) is 1.86. The second-order valence-corrected chi connectivity index (χ2v) is 4.29. The molecule has 0 bridgehead atoms. The molecule has 2 nitrogen and oxygen atoms in total. The molecular weight excluding hydrogens is 198 g/mol. The highest BCUT2D eigenvalue weighted by Crippen LogP contribution is 2.25. The summed E-state index contributed by atoms with van der Waals surface area (Å²) in [6.45, 7) is 9.73. The van der Waals surface area contributed by atoms with Crippen molar-refractivity contribution >= 4 is 11.4 Å². The van der Waals surface area contributed by atoms with E-state index in [1.165, 1.54) is 16.7 Å². The van der Waals surface area contributed by atoms with Crippen LogP contribution in [0.1, 0.15) is 30.5 Å². The number of benzene rings is 1. The summed E-state index contributed by atoms with van der Waals surface area (Å²) >= 11 is 0. The Hall–Kier alpha value is -1.57. The molecule has 0 atom stereocenters. The fraction of sp³-hybridized carbons (Fsp3) is 0.357. The van der Waals surface area contributed by atoms with Crippen LogP contribution in [0.4, 0.5) is 5.69 Å². The molecule has 1 rings (SSSR count). The van der Waals surface area contributed by atoms with Gasteiger partial charge in [0.1, 0.15) is 0 Å². The Morgan fingerprint density at radius 1 is 1.12 bits per heavy atom. The van der Waals surface area contributed by atoms with Crippen LogP contribution in [-0.4, -0.2) is 10.8 Å². The summed E-state index contributed by atoms with van der Waals surface area (Å²) in [7, 11) is 0. The first-order chi connectivity index (χ1) is 7.40. The molecular formula is C14H19NO. The van der Waals surface area contributed by atoms with E-state index in [0.717, 1.165) is 11.4 Å². The predicted octanol–water partition coefficient (Wildman–Crippen LogP) is 4.17. The highest BCUT2D eigenvalue weighted by molar-refractivity contribution is 5.95. The average Bonchev–Trinajstić information content (AvgIpc) is 2.09. The Kier molecular flexibility index (Phi) is 3.88. The third-order valence-corrected chi connectivity index (χ3v) is 2.34. The fourth-order valence-corrected chi connectivity index (χ4v) is 1.86. The standard InChI is InChI=1S/C14H19NO/c1-9-6-10(2)14(11(3)7-9)15-12(4)8-13(5)16/h6-8,16H,1-5H3/b13-8-,15-12+. The maximum Gasteiger partial charge on any atom is 0.0909 e. The van der Waals surface area contributed by atoms with Gasteiger partial charge in [0.2, 0.25) is 0 Å². The Labute approximate surface area is 97.4 Å². The largest absolute Gasteiger partial charge is 0.513 e. The molecule has 0 saturated carbocycles. The van der Waals surface area contributed by atoms with Gasteiger partial charge in [0.05, 0.1) is 11.4 Å². The number of rotatable bonds is 2. The zero-order chi connectivity index (χ0) is 12.3. The van der Waals surface area contributed by atoms with E-state index in [2.05, 4.69) is 37.9 Å². The van der Waals surface area contributed by atoms with Gasteiger partial charge < -0.3 is 5.11 Å². The smallest absolute Gasteiger partial charge is 0.0909 e. The van der Waals surface area contributed by atoms with Crippen LogP contribution >= 0.6 is 0 Å². The average molecular weight is 217 g/mol. The molecule has 1 N–H and O–H groups in total. The van der Waals surface area contributed by atoms with Crippen molar-refractivity contribution in [1.82, 2.24) is 0 Å². The Morgan fingerprint density at radius 3 is 2.06 bits per heavy atom. The molecule has 0 amide bonds. The molecule has 1 aromatic carbocycles. The lowest BCUT2D eigenvalue weighted by Gasteiger charge is -2.07. The lowest BCUT2D eigenvalue weighted by molar-refractivity contribution is 0.415. The van der Waals surface area contributed by atoms with Crippen LogP contribution in [0.25, 0.3) is 0 Å². The Bertz CT molecular complexity index is 429. The first-order valence-electron chi connectivity index (χ1n) is 5.40. The van der Waals surface area contributed by atoms with Crippen LogP contribution in [0.5, 0.6) is 0 Å². The topological polar surface area (TPSA) is 32.6 Å². The molecule has 16 heavy (non-hydrogen) atoms. The van der Waals surface area contributed by atoms with Gasteiger partial charge in [0.25, 0.3) is 0 Å². The first kappa shape index (κ1) is 12.5. The lowest BCUT2D eigenvalue weighted by atomic mass is 10.1. The van der Waals surface area contributed by atoms with Crippen LogP contribution in [0, 0.1) is 20.8 Å². The molecule has 0 aliphatic rings. The molecule has 0 heterocycles. The van der Waals surface area contributed by atoms with Crippen LogP contribution in [-0.2, 0) is 0 Å². The van der Waals surface area contributed by atoms with E-state index in [1.807, 2.05) is 6.92 Å². The molecule has 0 aromatic heterocycles. The highest BCUT2D eigenvalue weighted by Gasteiger charge is 2.02. The van der Waals surface area contributed by atoms with E-state index < -0.39 is 0 Å². The number of aliphatic imine (C=N–C) groups is 1. The summed E-state index contributed by atoms with van der Waals surface area (Å²) in [6.07, 6.45) is 1.67. The number of aliphatic hydroxyl groups excluding tert-OH is 1. The summed E-state index contributed by atoms with van der Waals surface area (Å²) in [5.74, 6) is 0.281. The number of allylic oxidation sites excluding steroid dienone is 2. The molecule has 0 aliphatic carbocycles. The van der Waals surface area contributed by atoms with Crippen LogP contribution in [0.3, 0.4) is 0 Å². The number of hydrogen-bond acceptors (Lipinski definition) is 2. The van der Waals surface area contributed by atoms with Gasteiger partial charge in [-0.15, -0.1) is 0 Å². The number of aliphatic hydroxyl groups is 1. The minimum absolute atomic E-state index is 0.281. The second-order valence-electron chi connectivity index (χ2n) is 4.29. The van der Waals surface area contributed by atoms with E-state index in [4.69, 9.17) is 5.11 Å². The van der Waals surface area contributed by atoms with Crippen molar-refractivity contribution in [2.24, 2.45) is 4.99 Å². The third-order valence-electron chi connectivity index (χ3n) is 2.34. The predicted molar refractivity (Wildman–Crippen MR) is 69.8 cm³/mol. The molecule has 0 spiro atoms. The van der Waals surface area contributed by atoms with Crippen molar-refractivity contribution in [3.63, 3.8) is 0 Å². The molecule has 2 heteroatoms. The maximum atomic E-state index is 9.16. The minimum atomic E-state index is 0.281. The Morgan fingerprint density at radius 2 is 1.62 bits per heavy atom. The summed E-state index contributed by atoms with van der Waals surface area (Å²) < 4.78 is 0. The number of nitrogens with zero attached hydrogens (tertiary/aromatic N) is 1. The molecule has 0 fully saturated rings. The molecule has 0 aliphatic heterocycles. The lowest BCUT2D eigenvalue weighted by Crippen LogP contribution is -1.90. The van der Waals surface area contributed by atoms with E-state index in [9.17, 15) is 0 Å². The SMILES string of the molecule is C/C(O)=C/C(C)=N/c1c(C)cc(C)cc1C. The van der Waals surface area contributed by atoms with Gasteiger partial charge in [-0.3, -0.25) is 4.99 Å². The quantitative estimate of drug-likeness (QED) is 0.585. The number of aryl methyl sites for hydroxylation is 3. The van der Waals surface area contributed by atoms with Gasteiger partial charge in [0, 0.05) is 5.71 Å². The summed E-state index contributed by atoms with van der Waals surface area (Å²) in [5.41, 5.74) is 5.40. The van der Waals surface area contributed by atoms with Crippen LogP contribution in [0.15, 0.2) is 29.0 Å². The first-order valence-corrected chi connectivity index (χ1v) is 5.40.